The molecule has 2 N–H and O–H groups in total. The number of benzene rings is 3. The van der Waals surface area contributed by atoms with Crippen LogP contribution in [0.2, 0.25) is 0 Å². The number of alkyl halides is 3. The summed E-state index contributed by atoms with van der Waals surface area (Å²) in [6.07, 6.45) is -4.57. The molecular weight excluding hydrogens is 559 g/mol. The number of amides is 1. The van der Waals surface area contributed by atoms with Gasteiger partial charge < -0.3 is 10.4 Å². The molecule has 8 nitrogen and oxygen atoms in total. The molecule has 214 valence electrons. The topological polar surface area (TPSA) is 128 Å². The monoisotopic (exact) mass is 585 g/mol. The standard InChI is InChI=1S/C29H26F3N3O5S/c1-28(14-5-15-35(28)41(39,40)23-8-4-7-22(17-23)29(30,31)32)27(38)34-25(26(36)37)16-19-10-12-20(13-11-19)24-9-3-2-6-21(24)18-33/h2-4,6-13,17,25H,5,14-16H2,1H3,(H,34,38)(H,36,37)/t25?,28-/m0/s1. The van der Waals surface area contributed by atoms with E-state index >= 15 is 0 Å². The fourth-order valence-electron chi connectivity index (χ4n) is 4.91. The third-order valence-corrected chi connectivity index (χ3v) is 9.18. The maximum Gasteiger partial charge on any atom is 0.416 e. The third-order valence-electron chi connectivity index (χ3n) is 7.17. The summed E-state index contributed by atoms with van der Waals surface area (Å²) in [4.78, 5) is 24.9. The van der Waals surface area contributed by atoms with Crippen molar-refractivity contribution in [3.63, 3.8) is 0 Å². The number of hydrogen-bond acceptors (Lipinski definition) is 5. The summed E-state index contributed by atoms with van der Waals surface area (Å²) in [7, 11) is -4.52. The van der Waals surface area contributed by atoms with Gasteiger partial charge >= 0.3 is 12.1 Å². The average molecular weight is 586 g/mol. The minimum absolute atomic E-state index is 0.0519. The van der Waals surface area contributed by atoms with Crippen LogP contribution in [0.25, 0.3) is 11.1 Å². The van der Waals surface area contributed by atoms with E-state index in [0.29, 0.717) is 22.8 Å². The van der Waals surface area contributed by atoms with Crippen molar-refractivity contribution in [3.05, 3.63) is 89.5 Å². The Balaban J connectivity index is 1.54. The first kappa shape index (κ1) is 29.8. The summed E-state index contributed by atoms with van der Waals surface area (Å²) in [5.41, 5.74) is -0.356. The van der Waals surface area contributed by atoms with Crippen LogP contribution in [0.4, 0.5) is 13.2 Å². The Hall–Kier alpha value is -4.21. The number of halogens is 3. The van der Waals surface area contributed by atoms with E-state index in [1.165, 1.54) is 6.92 Å². The zero-order valence-corrected chi connectivity index (χ0v) is 22.7. The lowest BCUT2D eigenvalue weighted by Gasteiger charge is -2.34. The number of nitrogens with zero attached hydrogens (tertiary/aromatic N) is 2. The summed E-state index contributed by atoms with van der Waals surface area (Å²) in [6.45, 7) is 1.21. The number of sulfonamides is 1. The van der Waals surface area contributed by atoms with Gasteiger partial charge in [0.25, 0.3) is 0 Å². The lowest BCUT2D eigenvalue weighted by atomic mass is 9.96. The van der Waals surface area contributed by atoms with E-state index in [1.54, 1.807) is 48.5 Å². The van der Waals surface area contributed by atoms with E-state index in [4.69, 9.17) is 0 Å². The number of nitriles is 1. The highest BCUT2D eigenvalue weighted by atomic mass is 32.2. The molecule has 4 rings (SSSR count). The molecule has 12 heteroatoms. The Kier molecular flexibility index (Phi) is 8.24. The van der Waals surface area contributed by atoms with Gasteiger partial charge in [0.15, 0.2) is 0 Å². The van der Waals surface area contributed by atoms with Crippen LogP contribution in [-0.4, -0.2) is 47.8 Å². The smallest absolute Gasteiger partial charge is 0.416 e. The lowest BCUT2D eigenvalue weighted by Crippen LogP contribution is -2.58. The molecule has 1 heterocycles. The molecule has 3 aromatic carbocycles. The van der Waals surface area contributed by atoms with Gasteiger partial charge in [-0.15, -0.1) is 0 Å². The Bertz CT molecular complexity index is 1620. The maximum absolute atomic E-state index is 13.4. The maximum atomic E-state index is 13.4. The molecule has 1 saturated heterocycles. The van der Waals surface area contributed by atoms with Crippen molar-refractivity contribution < 1.29 is 36.3 Å². The molecule has 1 fully saturated rings. The summed E-state index contributed by atoms with van der Waals surface area (Å²) >= 11 is 0. The number of carbonyl (C=O) groups excluding carboxylic acids is 1. The predicted molar refractivity (Wildman–Crippen MR) is 143 cm³/mol. The van der Waals surface area contributed by atoms with E-state index < -0.39 is 50.1 Å². The van der Waals surface area contributed by atoms with E-state index in [2.05, 4.69) is 11.4 Å². The minimum atomic E-state index is -4.76. The highest BCUT2D eigenvalue weighted by molar-refractivity contribution is 7.89. The molecule has 1 aliphatic heterocycles. The molecule has 1 aliphatic rings. The first-order valence-electron chi connectivity index (χ1n) is 12.6. The third kappa shape index (κ3) is 6.11. The van der Waals surface area contributed by atoms with E-state index in [9.17, 15) is 41.5 Å². The molecule has 0 aromatic heterocycles. The van der Waals surface area contributed by atoms with E-state index in [1.807, 2.05) is 0 Å². The molecule has 0 spiro atoms. The highest BCUT2D eigenvalue weighted by Gasteiger charge is 2.50. The van der Waals surface area contributed by atoms with Gasteiger partial charge in [-0.25, -0.2) is 13.2 Å². The van der Waals surface area contributed by atoms with Crippen molar-refractivity contribution in [1.82, 2.24) is 9.62 Å². The van der Waals surface area contributed by atoms with E-state index in [-0.39, 0.29) is 25.8 Å². The second-order valence-electron chi connectivity index (χ2n) is 9.90. The fraction of sp³-hybridized carbons (Fsp3) is 0.276. The number of aliphatic carboxylic acids is 1. The van der Waals surface area contributed by atoms with Crippen LogP contribution >= 0.6 is 0 Å². The van der Waals surface area contributed by atoms with Gasteiger partial charge in [0, 0.05) is 13.0 Å². The molecule has 0 aliphatic carbocycles. The number of carboxylic acid groups (broad SMARTS) is 1. The summed E-state index contributed by atoms with van der Waals surface area (Å²) < 4.78 is 67.2. The van der Waals surface area contributed by atoms with Crippen molar-refractivity contribution in [2.45, 2.75) is 48.8 Å². The van der Waals surface area contributed by atoms with Crippen molar-refractivity contribution in [1.29, 1.82) is 5.26 Å². The van der Waals surface area contributed by atoms with Crippen molar-refractivity contribution in [3.8, 4) is 17.2 Å². The molecular formula is C29H26F3N3O5S. The quantitative estimate of drug-likeness (QED) is 0.398. The number of nitrogens with one attached hydrogen (secondary N) is 1. The zero-order chi connectivity index (χ0) is 30.0. The Morgan fingerprint density at radius 1 is 1.10 bits per heavy atom. The van der Waals surface area contributed by atoms with Gasteiger partial charge in [-0.3, -0.25) is 4.79 Å². The first-order chi connectivity index (χ1) is 19.3. The van der Waals surface area contributed by atoms with Crippen LogP contribution < -0.4 is 5.32 Å². The lowest BCUT2D eigenvalue weighted by molar-refractivity contribution is -0.143. The fourth-order valence-corrected chi connectivity index (χ4v) is 6.77. The SMILES string of the molecule is C[C@@]1(C(=O)NC(Cc2ccc(-c3ccccc3C#N)cc2)C(=O)O)CCCN1S(=O)(=O)c1cccc(C(F)(F)F)c1. The molecule has 3 aromatic rings. The Morgan fingerprint density at radius 2 is 1.78 bits per heavy atom. The van der Waals surface area contributed by atoms with Gasteiger partial charge in [0.05, 0.1) is 22.1 Å². The number of carbonyl (C=O) groups is 2. The van der Waals surface area contributed by atoms with Crippen LogP contribution in [0.15, 0.2) is 77.7 Å². The second kappa shape index (κ2) is 11.3. The van der Waals surface area contributed by atoms with Crippen LogP contribution in [-0.2, 0) is 32.2 Å². The van der Waals surface area contributed by atoms with Crippen LogP contribution in [0.1, 0.15) is 36.5 Å². The summed E-state index contributed by atoms with van der Waals surface area (Å²) in [5.74, 6) is -2.20. The molecule has 2 atom stereocenters. The summed E-state index contributed by atoms with van der Waals surface area (Å²) in [6, 6.07) is 17.8. The predicted octanol–water partition coefficient (Wildman–Crippen LogP) is 4.60. The largest absolute Gasteiger partial charge is 0.480 e. The van der Waals surface area contributed by atoms with Gasteiger partial charge in [-0.2, -0.15) is 22.7 Å². The molecule has 1 amide bonds. The van der Waals surface area contributed by atoms with Gasteiger partial charge in [-0.1, -0.05) is 48.5 Å². The summed E-state index contributed by atoms with van der Waals surface area (Å²) in [5, 5.41) is 21.6. The molecule has 1 unspecified atom stereocenters. The van der Waals surface area contributed by atoms with Crippen molar-refractivity contribution in [2.24, 2.45) is 0 Å². The van der Waals surface area contributed by atoms with Crippen molar-refractivity contribution >= 4 is 21.9 Å². The van der Waals surface area contributed by atoms with Crippen LogP contribution in [0.5, 0.6) is 0 Å². The first-order valence-corrected chi connectivity index (χ1v) is 14.0. The Labute approximate surface area is 235 Å². The zero-order valence-electron chi connectivity index (χ0n) is 21.9. The average Bonchev–Trinajstić information content (AvgIpc) is 3.36. The van der Waals surface area contributed by atoms with Gasteiger partial charge in [0.1, 0.15) is 11.6 Å². The normalized spacial score (nSPS) is 18.4. The second-order valence-corrected chi connectivity index (χ2v) is 11.8. The molecule has 0 bridgehead atoms. The van der Waals surface area contributed by atoms with Crippen molar-refractivity contribution in [2.75, 3.05) is 6.54 Å². The van der Waals surface area contributed by atoms with E-state index in [0.717, 1.165) is 28.1 Å². The van der Waals surface area contributed by atoms with Gasteiger partial charge in [0.2, 0.25) is 15.9 Å². The number of rotatable bonds is 8. The Morgan fingerprint density at radius 3 is 2.41 bits per heavy atom. The number of hydrogen-bond donors (Lipinski definition) is 2. The van der Waals surface area contributed by atoms with Gasteiger partial charge in [-0.05, 0) is 60.7 Å². The number of carboxylic acids is 1. The minimum Gasteiger partial charge on any atom is -0.480 e. The van der Waals surface area contributed by atoms with Crippen LogP contribution in [0, 0.1) is 11.3 Å². The molecule has 41 heavy (non-hydrogen) atoms. The molecule has 0 saturated carbocycles. The van der Waals surface area contributed by atoms with Crippen LogP contribution in [0.3, 0.4) is 0 Å². The molecule has 0 radical (unpaired) electrons. The highest BCUT2D eigenvalue weighted by Crippen LogP contribution is 2.37.